The third kappa shape index (κ3) is 6.16. The molecule has 1 atom stereocenters. The molecule has 0 radical (unpaired) electrons. The first-order valence-electron chi connectivity index (χ1n) is 9.85. The first kappa shape index (κ1) is 24.9. The second-order valence-corrected chi connectivity index (χ2v) is 7.18. The number of unbranched alkanes of at least 4 members (excludes halogenated alkanes) is 5. The van der Waals surface area contributed by atoms with E-state index in [0.29, 0.717) is 18.9 Å². The monoisotopic (exact) mass is 408 g/mol. The van der Waals surface area contributed by atoms with Crippen LogP contribution in [0, 0.1) is 23.3 Å². The summed E-state index contributed by atoms with van der Waals surface area (Å²) in [4.78, 5) is 0. The van der Waals surface area contributed by atoms with Gasteiger partial charge in [-0.3, -0.25) is 0 Å². The van der Waals surface area contributed by atoms with Gasteiger partial charge in [0, 0.05) is 19.8 Å². The minimum atomic E-state index is -1.85. The molecule has 0 saturated carbocycles. The number of methoxy groups -OCH3 is 2. The van der Waals surface area contributed by atoms with Crippen LogP contribution in [-0.2, 0) is 14.2 Å². The first-order chi connectivity index (χ1) is 13.2. The van der Waals surface area contributed by atoms with Crippen molar-refractivity contribution in [2.75, 3.05) is 14.2 Å². The van der Waals surface area contributed by atoms with Gasteiger partial charge in [0.05, 0.1) is 12.0 Å². The van der Waals surface area contributed by atoms with Gasteiger partial charge in [0.15, 0.2) is 23.3 Å². The lowest BCUT2D eigenvalue weighted by molar-refractivity contribution is -0.385. The Kier molecular flexibility index (Phi) is 10.4. The fraction of sp³-hybridized carbons (Fsp3) is 0.714. The Labute approximate surface area is 165 Å². The Hall–Kier alpha value is -1.18. The summed E-state index contributed by atoms with van der Waals surface area (Å²) in [6.45, 7) is 5.58. The topological polar surface area (TPSA) is 27.7 Å². The standard InChI is InChI=1S/C21H32F4O3/c1-6-7-8-9-10-11-12-16(21(26-4,27-5)28-14(2)3)15-13-17(22)19(24)20(25)18(15)23/h13-14,16H,6-12H2,1-5H3. The lowest BCUT2D eigenvalue weighted by atomic mass is 9.89. The first-order valence-corrected chi connectivity index (χ1v) is 9.85. The molecular formula is C21H32F4O3. The molecule has 1 aromatic rings. The summed E-state index contributed by atoms with van der Waals surface area (Å²) in [6, 6.07) is 0.659. The molecule has 0 heterocycles. The highest BCUT2D eigenvalue weighted by Crippen LogP contribution is 2.40. The van der Waals surface area contributed by atoms with Crippen molar-refractivity contribution in [3.8, 4) is 0 Å². The third-order valence-electron chi connectivity index (χ3n) is 4.75. The summed E-state index contributed by atoms with van der Waals surface area (Å²) in [7, 11) is 2.63. The Balaban J connectivity index is 3.24. The van der Waals surface area contributed by atoms with Gasteiger partial charge in [-0.05, 0) is 26.3 Å². The summed E-state index contributed by atoms with van der Waals surface area (Å²) < 4.78 is 72.4. The maximum absolute atomic E-state index is 14.6. The summed E-state index contributed by atoms with van der Waals surface area (Å²) in [6.07, 6.45) is 5.74. The van der Waals surface area contributed by atoms with Gasteiger partial charge in [0.1, 0.15) is 0 Å². The van der Waals surface area contributed by atoms with Crippen molar-refractivity contribution in [2.45, 2.75) is 83.7 Å². The van der Waals surface area contributed by atoms with Crippen LogP contribution in [0.5, 0.6) is 0 Å². The summed E-state index contributed by atoms with van der Waals surface area (Å²) in [5.41, 5.74) is -0.366. The van der Waals surface area contributed by atoms with Gasteiger partial charge in [-0.2, -0.15) is 0 Å². The van der Waals surface area contributed by atoms with E-state index in [4.69, 9.17) is 14.2 Å². The van der Waals surface area contributed by atoms with Crippen LogP contribution in [0.3, 0.4) is 0 Å². The normalized spacial score (nSPS) is 13.4. The fourth-order valence-electron chi connectivity index (χ4n) is 3.37. The molecule has 0 aliphatic heterocycles. The summed E-state index contributed by atoms with van der Waals surface area (Å²) >= 11 is 0. The molecule has 3 nitrogen and oxygen atoms in total. The summed E-state index contributed by atoms with van der Waals surface area (Å²) in [5.74, 6) is -9.36. The van der Waals surface area contributed by atoms with Crippen molar-refractivity contribution < 1.29 is 31.8 Å². The van der Waals surface area contributed by atoms with E-state index >= 15 is 0 Å². The Bertz CT molecular complexity index is 604. The summed E-state index contributed by atoms with van der Waals surface area (Å²) in [5, 5.41) is 0. The van der Waals surface area contributed by atoms with Gasteiger partial charge in [0.25, 0.3) is 5.97 Å². The molecule has 162 valence electrons. The number of rotatable bonds is 13. The minimum Gasteiger partial charge on any atom is -0.330 e. The molecular weight excluding hydrogens is 376 g/mol. The van der Waals surface area contributed by atoms with Crippen molar-refractivity contribution in [3.63, 3.8) is 0 Å². The number of hydrogen-bond donors (Lipinski definition) is 0. The average Bonchev–Trinajstić information content (AvgIpc) is 2.67. The second-order valence-electron chi connectivity index (χ2n) is 7.18. The largest absolute Gasteiger partial charge is 0.330 e. The van der Waals surface area contributed by atoms with Crippen LogP contribution in [0.2, 0.25) is 0 Å². The molecule has 0 N–H and O–H groups in total. The van der Waals surface area contributed by atoms with E-state index < -0.39 is 35.2 Å². The lowest BCUT2D eigenvalue weighted by Gasteiger charge is -2.39. The molecule has 28 heavy (non-hydrogen) atoms. The van der Waals surface area contributed by atoms with Gasteiger partial charge in [-0.25, -0.2) is 17.6 Å². The maximum Gasteiger partial charge on any atom is 0.289 e. The predicted molar refractivity (Wildman–Crippen MR) is 100.0 cm³/mol. The fourth-order valence-corrected chi connectivity index (χ4v) is 3.37. The van der Waals surface area contributed by atoms with Crippen LogP contribution in [0.4, 0.5) is 17.6 Å². The highest BCUT2D eigenvalue weighted by molar-refractivity contribution is 5.27. The Morgan fingerprint density at radius 1 is 0.857 bits per heavy atom. The maximum atomic E-state index is 14.6. The zero-order chi connectivity index (χ0) is 21.3. The lowest BCUT2D eigenvalue weighted by Crippen LogP contribution is -2.45. The zero-order valence-corrected chi connectivity index (χ0v) is 17.4. The Morgan fingerprint density at radius 3 is 1.96 bits per heavy atom. The van der Waals surface area contributed by atoms with Crippen molar-refractivity contribution in [3.05, 3.63) is 34.9 Å². The quantitative estimate of drug-likeness (QED) is 0.123. The van der Waals surface area contributed by atoms with E-state index in [1.54, 1.807) is 13.8 Å². The van der Waals surface area contributed by atoms with Gasteiger partial charge in [-0.1, -0.05) is 45.4 Å². The molecule has 7 heteroatoms. The van der Waals surface area contributed by atoms with E-state index in [0.717, 1.165) is 32.1 Å². The van der Waals surface area contributed by atoms with Crippen molar-refractivity contribution in [2.24, 2.45) is 0 Å². The molecule has 0 aromatic heterocycles. The molecule has 0 aliphatic rings. The van der Waals surface area contributed by atoms with E-state index in [2.05, 4.69) is 6.92 Å². The molecule has 1 unspecified atom stereocenters. The number of benzene rings is 1. The van der Waals surface area contributed by atoms with Crippen molar-refractivity contribution in [1.82, 2.24) is 0 Å². The van der Waals surface area contributed by atoms with Crippen LogP contribution in [0.15, 0.2) is 6.07 Å². The van der Waals surface area contributed by atoms with Crippen molar-refractivity contribution in [1.29, 1.82) is 0 Å². The smallest absolute Gasteiger partial charge is 0.289 e. The molecule has 0 fully saturated rings. The van der Waals surface area contributed by atoms with Crippen LogP contribution < -0.4 is 0 Å². The van der Waals surface area contributed by atoms with Crippen LogP contribution in [0.1, 0.15) is 77.2 Å². The third-order valence-corrected chi connectivity index (χ3v) is 4.75. The van der Waals surface area contributed by atoms with E-state index in [1.807, 2.05) is 0 Å². The van der Waals surface area contributed by atoms with Gasteiger partial charge in [-0.15, -0.1) is 0 Å². The van der Waals surface area contributed by atoms with Gasteiger partial charge >= 0.3 is 0 Å². The SMILES string of the molecule is CCCCCCCCC(c1cc(F)c(F)c(F)c1F)C(OC)(OC)OC(C)C. The Morgan fingerprint density at radius 2 is 1.43 bits per heavy atom. The molecule has 0 saturated heterocycles. The minimum absolute atomic E-state index is 0.294. The van der Waals surface area contributed by atoms with Crippen LogP contribution in [0.25, 0.3) is 0 Å². The van der Waals surface area contributed by atoms with Gasteiger partial charge < -0.3 is 14.2 Å². The molecule has 1 rings (SSSR count). The number of halogens is 4. The highest BCUT2D eigenvalue weighted by Gasteiger charge is 2.45. The van der Waals surface area contributed by atoms with Crippen LogP contribution in [-0.4, -0.2) is 26.3 Å². The van der Waals surface area contributed by atoms with Gasteiger partial charge in [0.2, 0.25) is 0 Å². The van der Waals surface area contributed by atoms with Crippen molar-refractivity contribution >= 4 is 0 Å². The number of hydrogen-bond acceptors (Lipinski definition) is 3. The molecule has 0 bridgehead atoms. The highest BCUT2D eigenvalue weighted by atomic mass is 19.2. The average molecular weight is 408 g/mol. The molecule has 1 aromatic carbocycles. The molecule has 0 amide bonds. The predicted octanol–water partition coefficient (Wildman–Crippen LogP) is 6.45. The number of ether oxygens (including phenoxy) is 3. The van der Waals surface area contributed by atoms with Crippen LogP contribution >= 0.6 is 0 Å². The zero-order valence-electron chi connectivity index (χ0n) is 17.4. The van der Waals surface area contributed by atoms with E-state index in [9.17, 15) is 17.6 Å². The molecule has 0 aliphatic carbocycles. The second kappa shape index (κ2) is 11.7. The molecule has 0 spiro atoms. The van der Waals surface area contributed by atoms with E-state index in [-0.39, 0.29) is 11.7 Å². The van der Waals surface area contributed by atoms with E-state index in [1.165, 1.54) is 14.2 Å².